The number of hydrogen-bond donors (Lipinski definition) is 3. The highest BCUT2D eigenvalue weighted by atomic mass is 19.1. The number of pyridine rings is 1. The molecular weight excluding hydrogens is 481 g/mol. The summed E-state index contributed by atoms with van der Waals surface area (Å²) in [5, 5.41) is 14.0. The third-order valence-electron chi connectivity index (χ3n) is 6.87. The maximum absolute atomic E-state index is 15.4. The van der Waals surface area contributed by atoms with Gasteiger partial charge in [-0.2, -0.15) is 0 Å². The second-order valence-corrected chi connectivity index (χ2v) is 10.7. The van der Waals surface area contributed by atoms with Crippen molar-refractivity contribution in [1.82, 2.24) is 15.2 Å². The van der Waals surface area contributed by atoms with E-state index in [0.717, 1.165) is 24.3 Å². The Morgan fingerprint density at radius 2 is 1.87 bits per heavy atom. The van der Waals surface area contributed by atoms with Crippen LogP contribution in [0.25, 0.3) is 11.3 Å². The summed E-state index contributed by atoms with van der Waals surface area (Å²) in [5.74, 6) is 0.210. The molecule has 1 fully saturated rings. The Morgan fingerprint density at radius 1 is 1.16 bits per heavy atom. The number of amides is 1. The maximum atomic E-state index is 15.4. The molecular formula is C30H36FN5O2. The summed E-state index contributed by atoms with van der Waals surface area (Å²) in [5.41, 5.74) is 3.95. The predicted octanol–water partition coefficient (Wildman–Crippen LogP) is 5.88. The van der Waals surface area contributed by atoms with E-state index in [4.69, 9.17) is 10.1 Å². The first-order chi connectivity index (χ1) is 18.0. The maximum Gasteiger partial charge on any atom is 0.254 e. The van der Waals surface area contributed by atoms with E-state index >= 15 is 4.39 Å². The van der Waals surface area contributed by atoms with Gasteiger partial charge < -0.3 is 20.8 Å². The Kier molecular flexibility index (Phi) is 7.83. The van der Waals surface area contributed by atoms with Crippen molar-refractivity contribution in [3.8, 4) is 22.8 Å². The normalized spacial score (nSPS) is 14.1. The van der Waals surface area contributed by atoms with Gasteiger partial charge in [0.15, 0.2) is 0 Å². The van der Waals surface area contributed by atoms with Crippen LogP contribution < -0.4 is 15.4 Å². The largest absolute Gasteiger partial charge is 0.457 e. The standard InChI is InChI=1S/C30H36FN5O2/c1-7-19-12-20(13-25(31)28(19)29(37)35-21-16-36(17-21)30(3,4)5)26-14-23(10-11-34-26)38-22-8-9-24(18(2)32)27(15-22)33-6/h8-15,21,32-33H,7,16-17H2,1-6H3,(H,35,37). The van der Waals surface area contributed by atoms with Gasteiger partial charge in [-0.1, -0.05) is 6.92 Å². The molecule has 1 amide bonds. The van der Waals surface area contributed by atoms with Gasteiger partial charge in [-0.05, 0) is 70.0 Å². The lowest BCUT2D eigenvalue weighted by atomic mass is 9.96. The summed E-state index contributed by atoms with van der Waals surface area (Å²) < 4.78 is 21.4. The van der Waals surface area contributed by atoms with Crippen molar-refractivity contribution in [2.24, 2.45) is 0 Å². The number of nitrogens with one attached hydrogen (secondary N) is 3. The van der Waals surface area contributed by atoms with Gasteiger partial charge in [-0.15, -0.1) is 0 Å². The minimum Gasteiger partial charge on any atom is -0.457 e. The summed E-state index contributed by atoms with van der Waals surface area (Å²) in [7, 11) is 1.80. The van der Waals surface area contributed by atoms with Gasteiger partial charge in [0.1, 0.15) is 17.3 Å². The number of anilines is 1. The molecule has 0 bridgehead atoms. The summed E-state index contributed by atoms with van der Waals surface area (Å²) >= 11 is 0. The Bertz CT molecular complexity index is 1360. The third-order valence-corrected chi connectivity index (χ3v) is 6.87. The molecule has 3 aromatic rings. The molecule has 3 N–H and O–H groups in total. The monoisotopic (exact) mass is 517 g/mol. The number of nitrogens with zero attached hydrogens (tertiary/aromatic N) is 2. The summed E-state index contributed by atoms with van der Waals surface area (Å²) in [6.45, 7) is 11.6. The molecule has 0 aliphatic carbocycles. The summed E-state index contributed by atoms with van der Waals surface area (Å²) in [4.78, 5) is 19.7. The fourth-order valence-corrected chi connectivity index (χ4v) is 4.61. The molecule has 1 aliphatic rings. The molecule has 2 heterocycles. The molecule has 4 rings (SSSR count). The second kappa shape index (κ2) is 10.9. The van der Waals surface area contributed by atoms with Crippen molar-refractivity contribution < 1.29 is 13.9 Å². The van der Waals surface area contributed by atoms with E-state index in [1.165, 1.54) is 6.07 Å². The topological polar surface area (TPSA) is 90.3 Å². The highest BCUT2D eigenvalue weighted by Crippen LogP contribution is 2.31. The number of benzene rings is 2. The van der Waals surface area contributed by atoms with Crippen LogP contribution >= 0.6 is 0 Å². The minimum atomic E-state index is -0.562. The minimum absolute atomic E-state index is 0.0152. The first-order valence-electron chi connectivity index (χ1n) is 12.9. The molecule has 1 saturated heterocycles. The molecule has 0 radical (unpaired) electrons. The van der Waals surface area contributed by atoms with E-state index in [2.05, 4.69) is 41.3 Å². The molecule has 0 unspecified atom stereocenters. The second-order valence-electron chi connectivity index (χ2n) is 10.7. The van der Waals surface area contributed by atoms with Crippen LogP contribution in [-0.4, -0.2) is 53.2 Å². The van der Waals surface area contributed by atoms with Crippen LogP contribution in [0.15, 0.2) is 48.7 Å². The van der Waals surface area contributed by atoms with Gasteiger partial charge in [0.2, 0.25) is 0 Å². The van der Waals surface area contributed by atoms with Crippen LogP contribution in [0.2, 0.25) is 0 Å². The highest BCUT2D eigenvalue weighted by Gasteiger charge is 2.35. The fourth-order valence-electron chi connectivity index (χ4n) is 4.61. The zero-order valence-electron chi connectivity index (χ0n) is 22.9. The molecule has 200 valence electrons. The number of likely N-dealkylation sites (tertiary alicyclic amines) is 1. The van der Waals surface area contributed by atoms with E-state index in [1.807, 2.05) is 25.1 Å². The quantitative estimate of drug-likeness (QED) is 0.325. The number of carbonyl (C=O) groups excluding carboxylic acids is 1. The Hall–Kier alpha value is -3.78. The van der Waals surface area contributed by atoms with E-state index in [0.29, 0.717) is 40.5 Å². The van der Waals surface area contributed by atoms with Crippen LogP contribution in [0.5, 0.6) is 11.5 Å². The molecule has 0 saturated carbocycles. The van der Waals surface area contributed by atoms with Crippen LogP contribution in [0.1, 0.15) is 56.1 Å². The van der Waals surface area contributed by atoms with Gasteiger partial charge in [-0.3, -0.25) is 14.7 Å². The number of hydrogen-bond acceptors (Lipinski definition) is 6. The molecule has 7 nitrogen and oxygen atoms in total. The summed E-state index contributed by atoms with van der Waals surface area (Å²) in [6.07, 6.45) is 2.12. The van der Waals surface area contributed by atoms with Gasteiger partial charge in [0, 0.05) is 66.5 Å². The predicted molar refractivity (Wildman–Crippen MR) is 150 cm³/mol. The number of halogens is 1. The van der Waals surface area contributed by atoms with E-state index in [1.54, 1.807) is 38.4 Å². The van der Waals surface area contributed by atoms with Crippen LogP contribution in [-0.2, 0) is 6.42 Å². The Morgan fingerprint density at radius 3 is 2.50 bits per heavy atom. The van der Waals surface area contributed by atoms with Crippen molar-refractivity contribution in [3.05, 3.63) is 71.2 Å². The van der Waals surface area contributed by atoms with Gasteiger partial charge in [0.05, 0.1) is 17.3 Å². The third kappa shape index (κ3) is 5.86. The molecule has 1 aliphatic heterocycles. The average molecular weight is 518 g/mol. The Balaban J connectivity index is 1.54. The average Bonchev–Trinajstić information content (AvgIpc) is 2.84. The number of carbonyl (C=O) groups is 1. The van der Waals surface area contributed by atoms with Crippen LogP contribution in [0, 0.1) is 11.2 Å². The number of ether oxygens (including phenoxy) is 1. The lowest BCUT2D eigenvalue weighted by Gasteiger charge is -2.47. The SMILES string of the molecule is CCc1cc(-c2cc(Oc3ccc(C(C)=N)c(NC)c3)ccn2)cc(F)c1C(=O)NC1CN(C(C)(C)C)C1. The summed E-state index contributed by atoms with van der Waals surface area (Å²) in [6, 6.07) is 12.2. The van der Waals surface area contributed by atoms with Crippen molar-refractivity contribution in [2.45, 2.75) is 52.6 Å². The van der Waals surface area contributed by atoms with Crippen molar-refractivity contribution >= 4 is 17.3 Å². The van der Waals surface area contributed by atoms with E-state index < -0.39 is 5.82 Å². The molecule has 2 aromatic carbocycles. The molecule has 0 spiro atoms. The highest BCUT2D eigenvalue weighted by molar-refractivity contribution is 6.01. The lowest BCUT2D eigenvalue weighted by molar-refractivity contribution is 0.0330. The van der Waals surface area contributed by atoms with E-state index in [9.17, 15) is 4.79 Å². The number of rotatable bonds is 8. The first-order valence-corrected chi connectivity index (χ1v) is 12.9. The van der Waals surface area contributed by atoms with Gasteiger partial charge >= 0.3 is 0 Å². The molecule has 38 heavy (non-hydrogen) atoms. The van der Waals surface area contributed by atoms with Crippen molar-refractivity contribution in [2.75, 3.05) is 25.5 Å². The smallest absolute Gasteiger partial charge is 0.254 e. The van der Waals surface area contributed by atoms with Crippen LogP contribution in [0.4, 0.5) is 10.1 Å². The fraction of sp³-hybridized carbons (Fsp3) is 0.367. The Labute approximate surface area is 223 Å². The van der Waals surface area contributed by atoms with Crippen LogP contribution in [0.3, 0.4) is 0 Å². The van der Waals surface area contributed by atoms with Crippen molar-refractivity contribution in [3.63, 3.8) is 0 Å². The molecule has 0 atom stereocenters. The van der Waals surface area contributed by atoms with Gasteiger partial charge in [0.25, 0.3) is 5.91 Å². The lowest BCUT2D eigenvalue weighted by Crippen LogP contribution is -2.64. The van der Waals surface area contributed by atoms with Crippen molar-refractivity contribution in [1.29, 1.82) is 5.41 Å². The molecule has 1 aromatic heterocycles. The zero-order valence-corrected chi connectivity index (χ0v) is 22.9. The number of aryl methyl sites for hydroxylation is 1. The number of aromatic nitrogens is 1. The zero-order chi connectivity index (χ0) is 27.6. The van der Waals surface area contributed by atoms with Gasteiger partial charge in [-0.25, -0.2) is 4.39 Å². The first kappa shape index (κ1) is 27.3. The van der Waals surface area contributed by atoms with E-state index in [-0.39, 0.29) is 23.1 Å². The molecule has 8 heteroatoms.